The molecule has 7 nitrogen and oxygen atoms in total. The normalized spacial score (nSPS) is 10.4. The quantitative estimate of drug-likeness (QED) is 0.751. The van der Waals surface area contributed by atoms with Gasteiger partial charge in [-0.2, -0.15) is 5.10 Å². The van der Waals surface area contributed by atoms with E-state index < -0.39 is 5.97 Å². The second-order valence-corrected chi connectivity index (χ2v) is 4.46. The summed E-state index contributed by atoms with van der Waals surface area (Å²) < 4.78 is 6.75. The van der Waals surface area contributed by atoms with Crippen LogP contribution in [0.3, 0.4) is 0 Å². The van der Waals surface area contributed by atoms with Crippen molar-refractivity contribution in [2.45, 2.75) is 13.5 Å². The third-order valence-electron chi connectivity index (χ3n) is 2.84. The number of carboxylic acid groups (broad SMARTS) is 1. The van der Waals surface area contributed by atoms with E-state index in [1.165, 1.54) is 4.68 Å². The lowest BCUT2D eigenvalue weighted by molar-refractivity contribution is 0.0690. The lowest BCUT2D eigenvalue weighted by Gasteiger charge is -2.09. The maximum absolute atomic E-state index is 11.1. The molecule has 0 radical (unpaired) electrons. The number of anilines is 1. The van der Waals surface area contributed by atoms with Crippen LogP contribution in [-0.2, 0) is 13.6 Å². The van der Waals surface area contributed by atoms with E-state index in [1.807, 2.05) is 6.92 Å². The Bertz CT molecular complexity index is 652. The Labute approximate surface area is 121 Å². The molecule has 1 heterocycles. The summed E-state index contributed by atoms with van der Waals surface area (Å²) in [7, 11) is 1.66. The van der Waals surface area contributed by atoms with E-state index in [9.17, 15) is 9.90 Å². The average molecular weight is 291 g/mol. The van der Waals surface area contributed by atoms with Crippen LogP contribution in [0.1, 0.15) is 23.0 Å². The molecule has 0 atom stereocenters. The van der Waals surface area contributed by atoms with Crippen LogP contribution >= 0.6 is 0 Å². The number of carboxylic acids is 1. The van der Waals surface area contributed by atoms with Crippen LogP contribution in [0.2, 0.25) is 0 Å². The van der Waals surface area contributed by atoms with Gasteiger partial charge < -0.3 is 20.3 Å². The molecule has 0 aliphatic rings. The SMILES string of the molecule is CCOc1cc(CNc2cn(C)nc2C(=O)O)ccc1O. The fourth-order valence-corrected chi connectivity index (χ4v) is 1.91. The number of nitrogens with one attached hydrogen (secondary N) is 1. The van der Waals surface area contributed by atoms with Crippen molar-refractivity contribution in [3.63, 3.8) is 0 Å². The third kappa shape index (κ3) is 3.44. The topological polar surface area (TPSA) is 96.6 Å². The largest absolute Gasteiger partial charge is 0.504 e. The van der Waals surface area contributed by atoms with Crippen LogP contribution in [0.25, 0.3) is 0 Å². The van der Waals surface area contributed by atoms with Crippen molar-refractivity contribution >= 4 is 11.7 Å². The van der Waals surface area contributed by atoms with E-state index in [-0.39, 0.29) is 11.4 Å². The summed E-state index contributed by atoms with van der Waals surface area (Å²) in [4.78, 5) is 11.1. The van der Waals surface area contributed by atoms with Crippen molar-refractivity contribution in [3.8, 4) is 11.5 Å². The van der Waals surface area contributed by atoms with Crippen molar-refractivity contribution in [2.24, 2.45) is 7.05 Å². The predicted molar refractivity (Wildman–Crippen MR) is 76.8 cm³/mol. The second-order valence-electron chi connectivity index (χ2n) is 4.46. The molecule has 0 saturated carbocycles. The number of nitrogens with zero attached hydrogens (tertiary/aromatic N) is 2. The van der Waals surface area contributed by atoms with E-state index >= 15 is 0 Å². The highest BCUT2D eigenvalue weighted by Gasteiger charge is 2.14. The number of hydrogen-bond acceptors (Lipinski definition) is 5. The molecule has 0 fully saturated rings. The van der Waals surface area contributed by atoms with Gasteiger partial charge in [-0.05, 0) is 24.6 Å². The van der Waals surface area contributed by atoms with E-state index in [0.29, 0.717) is 24.6 Å². The number of phenolic OH excluding ortho intramolecular Hbond substituents is 1. The van der Waals surface area contributed by atoms with Gasteiger partial charge in [0.2, 0.25) is 0 Å². The van der Waals surface area contributed by atoms with E-state index in [1.54, 1.807) is 31.4 Å². The summed E-state index contributed by atoms with van der Waals surface area (Å²) in [6, 6.07) is 4.99. The Morgan fingerprint density at radius 2 is 2.24 bits per heavy atom. The highest BCUT2D eigenvalue weighted by molar-refractivity contribution is 5.91. The molecular weight excluding hydrogens is 274 g/mol. The molecule has 1 aromatic heterocycles. The molecule has 7 heteroatoms. The summed E-state index contributed by atoms with van der Waals surface area (Å²) in [5.41, 5.74) is 1.27. The molecule has 3 N–H and O–H groups in total. The molecule has 1 aromatic carbocycles. The van der Waals surface area contributed by atoms with Gasteiger partial charge in [-0.3, -0.25) is 4.68 Å². The fraction of sp³-hybridized carbons (Fsp3) is 0.286. The number of benzene rings is 1. The van der Waals surface area contributed by atoms with Gasteiger partial charge in [0.25, 0.3) is 0 Å². The number of hydrogen-bond donors (Lipinski definition) is 3. The van der Waals surface area contributed by atoms with Gasteiger partial charge in [0.1, 0.15) is 0 Å². The summed E-state index contributed by atoms with van der Waals surface area (Å²) in [6.07, 6.45) is 1.60. The first-order chi connectivity index (χ1) is 10.0. The zero-order valence-electron chi connectivity index (χ0n) is 11.8. The summed E-state index contributed by atoms with van der Waals surface area (Å²) >= 11 is 0. The van der Waals surface area contributed by atoms with Gasteiger partial charge in [0.05, 0.1) is 12.3 Å². The highest BCUT2D eigenvalue weighted by Crippen LogP contribution is 2.27. The van der Waals surface area contributed by atoms with Gasteiger partial charge in [0.15, 0.2) is 17.2 Å². The minimum atomic E-state index is -1.08. The Hall–Kier alpha value is -2.70. The van der Waals surface area contributed by atoms with Crippen molar-refractivity contribution in [1.29, 1.82) is 0 Å². The molecule has 112 valence electrons. The fourth-order valence-electron chi connectivity index (χ4n) is 1.91. The Balaban J connectivity index is 2.13. The van der Waals surface area contributed by atoms with Gasteiger partial charge in [-0.25, -0.2) is 4.79 Å². The van der Waals surface area contributed by atoms with Crippen LogP contribution in [0.15, 0.2) is 24.4 Å². The van der Waals surface area contributed by atoms with Crippen molar-refractivity contribution < 1.29 is 19.7 Å². The maximum Gasteiger partial charge on any atom is 0.358 e. The standard InChI is InChI=1S/C14H17N3O4/c1-3-21-12-6-9(4-5-11(12)18)7-15-10-8-17(2)16-13(10)14(19)20/h4-6,8,15,18H,3,7H2,1-2H3,(H,19,20). The zero-order chi connectivity index (χ0) is 15.4. The first kappa shape index (κ1) is 14.7. The minimum absolute atomic E-state index is 0.0266. The molecule has 0 spiro atoms. The Kier molecular flexibility index (Phi) is 4.32. The van der Waals surface area contributed by atoms with Crippen molar-refractivity contribution in [1.82, 2.24) is 9.78 Å². The Morgan fingerprint density at radius 1 is 1.48 bits per heavy atom. The van der Waals surface area contributed by atoms with E-state index in [2.05, 4.69) is 10.4 Å². The second kappa shape index (κ2) is 6.17. The molecule has 0 unspecified atom stereocenters. The van der Waals surface area contributed by atoms with E-state index in [4.69, 9.17) is 9.84 Å². The number of rotatable bonds is 6. The van der Waals surface area contributed by atoms with Crippen molar-refractivity contribution in [3.05, 3.63) is 35.7 Å². The molecule has 0 saturated heterocycles. The van der Waals surface area contributed by atoms with Crippen molar-refractivity contribution in [2.75, 3.05) is 11.9 Å². The lowest BCUT2D eigenvalue weighted by Crippen LogP contribution is -2.05. The van der Waals surface area contributed by atoms with Crippen LogP contribution in [0.4, 0.5) is 5.69 Å². The molecule has 2 aromatic rings. The number of aromatic carboxylic acids is 1. The predicted octanol–water partition coefficient (Wildman–Crippen LogP) is 1.83. The number of carbonyl (C=O) groups is 1. The minimum Gasteiger partial charge on any atom is -0.504 e. The molecule has 2 rings (SSSR count). The van der Waals surface area contributed by atoms with E-state index in [0.717, 1.165) is 5.56 Å². The van der Waals surface area contributed by atoms with Gasteiger partial charge in [-0.15, -0.1) is 0 Å². The summed E-state index contributed by atoms with van der Waals surface area (Å²) in [5, 5.41) is 25.6. The van der Waals surface area contributed by atoms with Gasteiger partial charge in [-0.1, -0.05) is 6.07 Å². The molecule has 0 aliphatic heterocycles. The number of aromatic nitrogens is 2. The third-order valence-corrected chi connectivity index (χ3v) is 2.84. The summed E-state index contributed by atoms with van der Waals surface area (Å²) in [5.74, 6) is -0.603. The number of aromatic hydroxyl groups is 1. The van der Waals surface area contributed by atoms with Gasteiger partial charge >= 0.3 is 5.97 Å². The molecule has 0 aliphatic carbocycles. The maximum atomic E-state index is 11.1. The number of ether oxygens (including phenoxy) is 1. The Morgan fingerprint density at radius 3 is 2.90 bits per heavy atom. The number of aryl methyl sites for hydroxylation is 1. The molecular formula is C14H17N3O4. The highest BCUT2D eigenvalue weighted by atomic mass is 16.5. The first-order valence-electron chi connectivity index (χ1n) is 6.46. The molecule has 0 amide bonds. The average Bonchev–Trinajstić information content (AvgIpc) is 2.81. The molecule has 0 bridgehead atoms. The smallest absolute Gasteiger partial charge is 0.358 e. The lowest BCUT2D eigenvalue weighted by atomic mass is 10.2. The number of phenols is 1. The first-order valence-corrected chi connectivity index (χ1v) is 6.46. The monoisotopic (exact) mass is 291 g/mol. The summed E-state index contributed by atoms with van der Waals surface area (Å²) in [6.45, 7) is 2.68. The zero-order valence-corrected chi connectivity index (χ0v) is 11.8. The molecule has 21 heavy (non-hydrogen) atoms. The van der Waals surface area contributed by atoms with Crippen LogP contribution in [0, 0.1) is 0 Å². The van der Waals surface area contributed by atoms with Gasteiger partial charge in [0, 0.05) is 19.8 Å². The van der Waals surface area contributed by atoms with Crippen LogP contribution < -0.4 is 10.1 Å². The van der Waals surface area contributed by atoms with Crippen LogP contribution in [0.5, 0.6) is 11.5 Å². The van der Waals surface area contributed by atoms with Crippen LogP contribution in [-0.4, -0.2) is 32.6 Å².